The fraction of sp³-hybridized carbons (Fsp3) is 1.00. The van der Waals surface area contributed by atoms with E-state index in [9.17, 15) is 8.42 Å². The number of rotatable bonds is 2. The van der Waals surface area contributed by atoms with Crippen LogP contribution in [0.15, 0.2) is 0 Å². The molecule has 0 bridgehead atoms. The van der Waals surface area contributed by atoms with Crippen molar-refractivity contribution in [3.05, 3.63) is 0 Å². The Balaban J connectivity index is 3.60. The molecule has 0 aliphatic heterocycles. The molecular formula is CH4O4S2. The monoisotopic (exact) mass is 144 g/mol. The van der Waals surface area contributed by atoms with E-state index in [0.717, 1.165) is 7.11 Å². The minimum atomic E-state index is -3.98. The van der Waals surface area contributed by atoms with Crippen molar-refractivity contribution < 1.29 is 17.2 Å². The fourth-order valence-corrected chi connectivity index (χ4v) is 0.774. The molecule has 0 aliphatic rings. The Morgan fingerprint density at radius 2 is 2.14 bits per heavy atom. The van der Waals surface area contributed by atoms with Crippen LogP contribution in [-0.4, -0.2) is 20.1 Å². The van der Waals surface area contributed by atoms with Gasteiger partial charge in [-0.25, -0.2) is 0 Å². The largest absolute Gasteiger partial charge is 0.345 e. The summed E-state index contributed by atoms with van der Waals surface area (Å²) in [6.45, 7) is 0. The van der Waals surface area contributed by atoms with E-state index in [0.29, 0.717) is 0 Å². The minimum absolute atomic E-state index is 0.0162. The van der Waals surface area contributed by atoms with Gasteiger partial charge in [0.2, 0.25) is 0 Å². The van der Waals surface area contributed by atoms with Gasteiger partial charge >= 0.3 is 9.15 Å². The van der Waals surface area contributed by atoms with Crippen LogP contribution in [0.4, 0.5) is 0 Å². The zero-order valence-corrected chi connectivity index (χ0v) is 5.12. The molecule has 4 nitrogen and oxygen atoms in total. The summed E-state index contributed by atoms with van der Waals surface area (Å²) in [5, 5.41) is 0. The first-order chi connectivity index (χ1) is 3.06. The van der Waals surface area contributed by atoms with Gasteiger partial charge in [-0.1, -0.05) is 0 Å². The minimum Gasteiger partial charge on any atom is -0.303 e. The summed E-state index contributed by atoms with van der Waals surface area (Å²) >= 11 is 0.0162. The molecule has 0 radical (unpaired) electrons. The lowest BCUT2D eigenvalue weighted by Crippen LogP contribution is -1.87. The average Bonchev–Trinajstić information content (AvgIpc) is 1.30. The third kappa shape index (κ3) is 6.22. The maximum atomic E-state index is 9.62. The van der Waals surface area contributed by atoms with Crippen molar-refractivity contribution in [1.29, 1.82) is 0 Å². The standard InChI is InChI=1S/CH4O4S2/c1-5-6-7(2,3)4/h1H3,(H,2,3,4). The van der Waals surface area contributed by atoms with Gasteiger partial charge in [0, 0.05) is 0 Å². The van der Waals surface area contributed by atoms with E-state index in [-0.39, 0.29) is 11.1 Å². The maximum absolute atomic E-state index is 9.62. The average molecular weight is 144 g/mol. The van der Waals surface area contributed by atoms with E-state index in [4.69, 9.17) is 4.55 Å². The Labute approximate surface area is 45.2 Å². The molecule has 0 aliphatic carbocycles. The molecule has 0 fully saturated rings. The van der Waals surface area contributed by atoms with Crippen LogP contribution in [0.2, 0.25) is 0 Å². The van der Waals surface area contributed by atoms with Gasteiger partial charge in [-0.15, -0.1) is 0 Å². The Kier molecular flexibility index (Phi) is 2.59. The van der Waals surface area contributed by atoms with Crippen LogP contribution in [-0.2, 0) is 13.3 Å². The van der Waals surface area contributed by atoms with Gasteiger partial charge in [-0.2, -0.15) is 8.42 Å². The zero-order chi connectivity index (χ0) is 5.91. The van der Waals surface area contributed by atoms with Crippen LogP contribution in [0.5, 0.6) is 0 Å². The molecular weight excluding hydrogens is 140 g/mol. The highest BCUT2D eigenvalue weighted by molar-refractivity contribution is 8.67. The van der Waals surface area contributed by atoms with Gasteiger partial charge < -0.3 is 4.18 Å². The van der Waals surface area contributed by atoms with Crippen molar-refractivity contribution in [2.75, 3.05) is 7.11 Å². The second kappa shape index (κ2) is 2.51. The third-order valence-corrected chi connectivity index (χ3v) is 1.39. The summed E-state index contributed by atoms with van der Waals surface area (Å²) in [6, 6.07) is 0. The van der Waals surface area contributed by atoms with Crippen molar-refractivity contribution >= 4 is 20.2 Å². The smallest absolute Gasteiger partial charge is 0.303 e. The lowest BCUT2D eigenvalue weighted by Gasteiger charge is -1.85. The Hall–Kier alpha value is 0.220. The van der Waals surface area contributed by atoms with Gasteiger partial charge in [-0.3, -0.25) is 4.55 Å². The second-order valence-corrected chi connectivity index (χ2v) is 3.66. The van der Waals surface area contributed by atoms with Crippen molar-refractivity contribution in [2.24, 2.45) is 0 Å². The van der Waals surface area contributed by atoms with Crippen LogP contribution < -0.4 is 0 Å². The zero-order valence-electron chi connectivity index (χ0n) is 3.49. The van der Waals surface area contributed by atoms with Crippen LogP contribution in [0.1, 0.15) is 0 Å². The van der Waals surface area contributed by atoms with Crippen LogP contribution in [0.25, 0.3) is 0 Å². The van der Waals surface area contributed by atoms with Gasteiger partial charge in [0.15, 0.2) is 11.1 Å². The van der Waals surface area contributed by atoms with Gasteiger partial charge in [0.05, 0.1) is 7.11 Å². The first-order valence-electron chi connectivity index (χ1n) is 1.26. The third-order valence-electron chi connectivity index (χ3n) is 0.154. The van der Waals surface area contributed by atoms with Crippen molar-refractivity contribution in [1.82, 2.24) is 0 Å². The van der Waals surface area contributed by atoms with Crippen LogP contribution in [0, 0.1) is 0 Å². The quantitative estimate of drug-likeness (QED) is 0.338. The van der Waals surface area contributed by atoms with Crippen molar-refractivity contribution in [2.45, 2.75) is 0 Å². The molecule has 44 valence electrons. The highest BCUT2D eigenvalue weighted by Crippen LogP contribution is 2.06. The van der Waals surface area contributed by atoms with E-state index in [1.807, 2.05) is 0 Å². The highest BCUT2D eigenvalue weighted by atomic mass is 33.2. The molecule has 0 unspecified atom stereocenters. The van der Waals surface area contributed by atoms with E-state index in [1.165, 1.54) is 0 Å². The van der Waals surface area contributed by atoms with Crippen molar-refractivity contribution in [3.63, 3.8) is 0 Å². The maximum Gasteiger partial charge on any atom is 0.345 e. The predicted octanol–water partition coefficient (Wildman–Crippen LogP) is 0.0838. The van der Waals surface area contributed by atoms with E-state index in [2.05, 4.69) is 4.18 Å². The second-order valence-electron chi connectivity index (χ2n) is 0.662. The summed E-state index contributed by atoms with van der Waals surface area (Å²) in [5.41, 5.74) is 0. The molecule has 7 heavy (non-hydrogen) atoms. The Morgan fingerprint density at radius 3 is 2.14 bits per heavy atom. The molecule has 6 heteroatoms. The molecule has 1 N–H and O–H groups in total. The summed E-state index contributed by atoms with van der Waals surface area (Å²) in [5.74, 6) is 0. The number of hydrogen-bond acceptors (Lipinski definition) is 4. The Morgan fingerprint density at radius 1 is 1.71 bits per heavy atom. The van der Waals surface area contributed by atoms with Gasteiger partial charge in [0.1, 0.15) is 0 Å². The van der Waals surface area contributed by atoms with E-state index >= 15 is 0 Å². The SMILES string of the molecule is COSS(=O)(=O)O. The topological polar surface area (TPSA) is 63.6 Å². The first-order valence-corrected chi connectivity index (χ1v) is 3.96. The summed E-state index contributed by atoms with van der Waals surface area (Å²) in [4.78, 5) is 0. The van der Waals surface area contributed by atoms with Gasteiger partial charge in [0.25, 0.3) is 0 Å². The van der Waals surface area contributed by atoms with Crippen LogP contribution in [0.3, 0.4) is 0 Å². The molecule has 0 saturated heterocycles. The fourth-order valence-electron chi connectivity index (χ4n) is 0.0860. The molecule has 0 aromatic heterocycles. The van der Waals surface area contributed by atoms with Gasteiger partial charge in [-0.05, 0) is 0 Å². The molecule has 0 atom stereocenters. The molecule has 0 heterocycles. The lowest BCUT2D eigenvalue weighted by atomic mass is 11.8. The highest BCUT2D eigenvalue weighted by Gasteiger charge is 2.01. The molecule has 0 aromatic rings. The predicted molar refractivity (Wildman–Crippen MR) is 26.1 cm³/mol. The summed E-state index contributed by atoms with van der Waals surface area (Å²) in [6.07, 6.45) is 0. The molecule has 0 aromatic carbocycles. The molecule has 0 amide bonds. The summed E-state index contributed by atoms with van der Waals surface area (Å²) < 4.78 is 31.1. The van der Waals surface area contributed by atoms with E-state index in [1.54, 1.807) is 0 Å². The first kappa shape index (κ1) is 7.22. The molecule has 0 saturated carbocycles. The van der Waals surface area contributed by atoms with E-state index < -0.39 is 9.15 Å². The van der Waals surface area contributed by atoms with Crippen molar-refractivity contribution in [3.8, 4) is 0 Å². The molecule has 0 rings (SSSR count). The molecule has 0 spiro atoms. The Bertz CT molecular complexity index is 123. The normalized spacial score (nSPS) is 11.7. The lowest BCUT2D eigenvalue weighted by molar-refractivity contribution is 0.474. The van der Waals surface area contributed by atoms with Crippen LogP contribution >= 0.6 is 11.1 Å². The summed E-state index contributed by atoms with van der Waals surface area (Å²) in [7, 11) is -2.83. The number of hydrogen-bond donors (Lipinski definition) is 1.